The summed E-state index contributed by atoms with van der Waals surface area (Å²) in [6.45, 7) is 2.13. The Kier molecular flexibility index (Phi) is 8.54. The second-order valence-corrected chi connectivity index (χ2v) is 10.7. The maximum absolute atomic E-state index is 15.1. The van der Waals surface area contributed by atoms with Crippen LogP contribution in [0.25, 0.3) is 0 Å². The van der Waals surface area contributed by atoms with Gasteiger partial charge in [-0.2, -0.15) is 0 Å². The van der Waals surface area contributed by atoms with E-state index in [0.29, 0.717) is 17.4 Å². The van der Waals surface area contributed by atoms with Crippen molar-refractivity contribution in [1.82, 2.24) is 9.21 Å². The van der Waals surface area contributed by atoms with Gasteiger partial charge in [0.2, 0.25) is 10.0 Å². The second kappa shape index (κ2) is 11.3. The van der Waals surface area contributed by atoms with E-state index in [4.69, 9.17) is 14.2 Å². The van der Waals surface area contributed by atoms with Crippen LogP contribution in [-0.4, -0.2) is 75.9 Å². The topological polar surface area (TPSA) is 102 Å². The number of halogens is 2. The van der Waals surface area contributed by atoms with Gasteiger partial charge in [0.15, 0.2) is 0 Å². The van der Waals surface area contributed by atoms with Gasteiger partial charge in [0.1, 0.15) is 34.7 Å². The molecule has 0 radical (unpaired) electrons. The van der Waals surface area contributed by atoms with Crippen LogP contribution in [0.1, 0.15) is 11.1 Å². The van der Waals surface area contributed by atoms with Gasteiger partial charge in [-0.25, -0.2) is 26.3 Å². The van der Waals surface area contributed by atoms with Crippen molar-refractivity contribution >= 4 is 22.1 Å². The van der Waals surface area contributed by atoms with Crippen LogP contribution in [0.2, 0.25) is 0 Å². The number of esters is 1. The van der Waals surface area contributed by atoms with Gasteiger partial charge in [0.05, 0.1) is 14.2 Å². The Morgan fingerprint density at radius 2 is 1.86 bits per heavy atom. The summed E-state index contributed by atoms with van der Waals surface area (Å²) in [6, 6.07) is 9.12. The van der Waals surface area contributed by atoms with Crippen LogP contribution in [0.4, 0.5) is 13.6 Å². The zero-order chi connectivity index (χ0) is 27.4. The first-order valence-electron chi connectivity index (χ1n) is 11.2. The van der Waals surface area contributed by atoms with Crippen LogP contribution in [0, 0.1) is 11.6 Å². The minimum atomic E-state index is -4.41. The summed E-state index contributed by atoms with van der Waals surface area (Å²) < 4.78 is 72.9. The highest BCUT2D eigenvalue weighted by atomic mass is 32.2. The third-order valence-corrected chi connectivity index (χ3v) is 8.55. The fourth-order valence-electron chi connectivity index (χ4n) is 4.43. The molecular weight excluding hydrogens is 510 g/mol. The van der Waals surface area contributed by atoms with Crippen LogP contribution in [0.5, 0.6) is 5.75 Å². The Labute approximate surface area is 214 Å². The number of hydrogen-bond donors (Lipinski definition) is 0. The number of hydrogen-bond acceptors (Lipinski definition) is 7. The van der Waals surface area contributed by atoms with Crippen molar-refractivity contribution in [3.63, 3.8) is 0 Å². The van der Waals surface area contributed by atoms with Crippen molar-refractivity contribution in [2.24, 2.45) is 0 Å². The molecule has 1 amide bonds. The van der Waals surface area contributed by atoms with Gasteiger partial charge in [-0.3, -0.25) is 4.79 Å². The molecule has 0 saturated carbocycles. The molecule has 0 aromatic heterocycles. The Balaban J connectivity index is 2.11. The van der Waals surface area contributed by atoms with Gasteiger partial charge in [-0.15, -0.1) is 0 Å². The molecule has 1 fully saturated rings. The van der Waals surface area contributed by atoms with E-state index >= 15 is 4.39 Å². The molecule has 37 heavy (non-hydrogen) atoms. The zero-order valence-corrected chi connectivity index (χ0v) is 21.5. The van der Waals surface area contributed by atoms with Crippen LogP contribution < -0.4 is 4.74 Å². The molecule has 2 aromatic rings. The highest BCUT2D eigenvalue weighted by molar-refractivity contribution is 7.89. The largest absolute Gasteiger partial charge is 0.497 e. The first-order chi connectivity index (χ1) is 17.5. The van der Waals surface area contributed by atoms with Crippen molar-refractivity contribution in [2.45, 2.75) is 17.2 Å². The van der Waals surface area contributed by atoms with Crippen molar-refractivity contribution in [2.75, 3.05) is 41.0 Å². The molecule has 0 N–H and O–H groups in total. The number of rotatable bonds is 9. The van der Waals surface area contributed by atoms with E-state index < -0.39 is 63.0 Å². The Morgan fingerprint density at radius 3 is 2.43 bits per heavy atom. The van der Waals surface area contributed by atoms with Crippen molar-refractivity contribution < 1.29 is 41.0 Å². The molecule has 1 aliphatic heterocycles. The lowest BCUT2D eigenvalue weighted by Crippen LogP contribution is -2.54. The van der Waals surface area contributed by atoms with Crippen LogP contribution in [0.3, 0.4) is 0 Å². The van der Waals surface area contributed by atoms with E-state index in [1.165, 1.54) is 20.2 Å². The predicted molar refractivity (Wildman–Crippen MR) is 130 cm³/mol. The number of benzene rings is 2. The van der Waals surface area contributed by atoms with Crippen LogP contribution in [0.15, 0.2) is 55.1 Å². The predicted octanol–water partition coefficient (Wildman–Crippen LogP) is 2.85. The number of sulfonamides is 1. The summed E-state index contributed by atoms with van der Waals surface area (Å²) in [5.74, 6) is -2.58. The molecule has 1 heterocycles. The van der Waals surface area contributed by atoms with Crippen molar-refractivity contribution in [1.29, 1.82) is 0 Å². The standard InChI is InChI=1S/C25H28F2N2O7S/c1-5-12-36-24(31)29-15-22(37(32,33)28(2)14-17-6-9-19(34-3)10-7-17)25(16-29,23(30)35-4)20-11-8-18(26)13-21(20)27/h5-11,13,22H,1,12,14-16H2,2-4H3/t22-,25-/m0/s1. The summed E-state index contributed by atoms with van der Waals surface area (Å²) >= 11 is 0. The fraction of sp³-hybridized carbons (Fsp3) is 0.360. The molecule has 0 spiro atoms. The van der Waals surface area contributed by atoms with Gasteiger partial charge in [0.25, 0.3) is 0 Å². The fourth-order valence-corrected chi connectivity index (χ4v) is 6.36. The third kappa shape index (κ3) is 5.44. The highest BCUT2D eigenvalue weighted by Gasteiger charge is 2.62. The molecule has 2 aromatic carbocycles. The number of nitrogens with zero attached hydrogens (tertiary/aromatic N) is 2. The van der Waals surface area contributed by atoms with Crippen molar-refractivity contribution in [3.05, 3.63) is 77.9 Å². The van der Waals surface area contributed by atoms with E-state index in [1.807, 2.05) is 0 Å². The van der Waals surface area contributed by atoms with Gasteiger partial charge in [-0.1, -0.05) is 30.9 Å². The number of ether oxygens (including phenoxy) is 3. The Morgan fingerprint density at radius 1 is 1.19 bits per heavy atom. The van der Waals surface area contributed by atoms with E-state index in [0.717, 1.165) is 28.4 Å². The van der Waals surface area contributed by atoms with Gasteiger partial charge in [0, 0.05) is 38.3 Å². The zero-order valence-electron chi connectivity index (χ0n) is 20.6. The highest BCUT2D eigenvalue weighted by Crippen LogP contribution is 2.42. The molecule has 9 nitrogen and oxygen atoms in total. The lowest BCUT2D eigenvalue weighted by Gasteiger charge is -2.34. The Bertz CT molecular complexity index is 1270. The number of carbonyl (C=O) groups excluding carboxylic acids is 2. The average molecular weight is 539 g/mol. The molecule has 2 atom stereocenters. The molecule has 12 heteroatoms. The van der Waals surface area contributed by atoms with Crippen LogP contribution >= 0.6 is 0 Å². The van der Waals surface area contributed by atoms with E-state index in [-0.39, 0.29) is 13.2 Å². The molecule has 0 unspecified atom stereocenters. The molecule has 1 saturated heterocycles. The summed E-state index contributed by atoms with van der Waals surface area (Å²) in [7, 11) is -0.578. The number of likely N-dealkylation sites (tertiary alicyclic amines) is 1. The minimum Gasteiger partial charge on any atom is -0.497 e. The maximum Gasteiger partial charge on any atom is 0.410 e. The maximum atomic E-state index is 15.1. The average Bonchev–Trinajstić information content (AvgIpc) is 3.29. The van der Waals surface area contributed by atoms with Crippen LogP contribution in [-0.2, 0) is 36.3 Å². The van der Waals surface area contributed by atoms with E-state index in [2.05, 4.69) is 6.58 Å². The molecular formula is C25H28F2N2O7S. The second-order valence-electron chi connectivity index (χ2n) is 8.47. The molecule has 3 rings (SSSR count). The van der Waals surface area contributed by atoms with E-state index in [1.54, 1.807) is 24.3 Å². The lowest BCUT2D eigenvalue weighted by atomic mass is 9.78. The number of carbonyl (C=O) groups is 2. The first-order valence-corrected chi connectivity index (χ1v) is 12.7. The smallest absolute Gasteiger partial charge is 0.410 e. The quantitative estimate of drug-likeness (QED) is 0.357. The lowest BCUT2D eigenvalue weighted by molar-refractivity contribution is -0.147. The first kappa shape index (κ1) is 28.1. The monoisotopic (exact) mass is 538 g/mol. The molecule has 0 bridgehead atoms. The van der Waals surface area contributed by atoms with E-state index in [9.17, 15) is 22.4 Å². The summed E-state index contributed by atoms with van der Waals surface area (Å²) in [4.78, 5) is 27.0. The normalized spacial score (nSPS) is 19.5. The molecule has 0 aliphatic carbocycles. The third-order valence-electron chi connectivity index (χ3n) is 6.28. The molecule has 200 valence electrons. The van der Waals surface area contributed by atoms with Gasteiger partial charge < -0.3 is 19.1 Å². The van der Waals surface area contributed by atoms with Crippen molar-refractivity contribution in [3.8, 4) is 5.75 Å². The summed E-state index contributed by atoms with van der Waals surface area (Å²) in [5.41, 5.74) is -2.00. The Hall–Kier alpha value is -3.51. The SMILES string of the molecule is C=CCOC(=O)N1C[C@H](S(=O)(=O)N(C)Cc2ccc(OC)cc2)[C@@](C(=O)OC)(c2ccc(F)cc2F)C1. The van der Waals surface area contributed by atoms with Gasteiger partial charge >= 0.3 is 12.1 Å². The summed E-state index contributed by atoms with van der Waals surface area (Å²) in [6.07, 6.45) is 0.393. The van der Waals surface area contributed by atoms with Gasteiger partial charge in [-0.05, 0) is 23.8 Å². The summed E-state index contributed by atoms with van der Waals surface area (Å²) in [5, 5.41) is -1.67. The number of methoxy groups -OCH3 is 2. The number of amides is 1. The molecule has 1 aliphatic rings. The minimum absolute atomic E-state index is 0.0904.